The van der Waals surface area contributed by atoms with Crippen LogP contribution in [0.1, 0.15) is 32.6 Å². The predicted octanol–water partition coefficient (Wildman–Crippen LogP) is 3.34. The van der Waals surface area contributed by atoms with Gasteiger partial charge in [0.05, 0.1) is 34.3 Å². The molecule has 0 amide bonds. The molecule has 2 saturated heterocycles. The second-order valence-electron chi connectivity index (χ2n) is 7.17. The quantitative estimate of drug-likeness (QED) is 0.720. The maximum atomic E-state index is 8.78. The Kier molecular flexibility index (Phi) is 10.1. The van der Waals surface area contributed by atoms with E-state index in [4.69, 9.17) is 27.2 Å². The third kappa shape index (κ3) is 8.36. The number of likely N-dealkylation sites (tertiary alicyclic amines) is 1. The summed E-state index contributed by atoms with van der Waals surface area (Å²) in [6, 6.07) is 0. The molecule has 2 aliphatic rings. The monoisotopic (exact) mass is 427 g/mol. The van der Waals surface area contributed by atoms with Gasteiger partial charge in [0.1, 0.15) is 5.69 Å². The highest BCUT2D eigenvalue weighted by molar-refractivity contribution is 7.13. The van der Waals surface area contributed by atoms with Crippen LogP contribution < -0.4 is 5.73 Å². The molecule has 2 aromatic rings. The van der Waals surface area contributed by atoms with E-state index in [1.165, 1.54) is 43.5 Å². The lowest BCUT2D eigenvalue weighted by Gasteiger charge is -2.26. The molecule has 156 valence electrons. The number of piperidine rings is 1. The van der Waals surface area contributed by atoms with Crippen molar-refractivity contribution in [3.8, 4) is 10.6 Å². The predicted molar refractivity (Wildman–Crippen MR) is 115 cm³/mol. The molecule has 2 aliphatic heterocycles. The summed E-state index contributed by atoms with van der Waals surface area (Å²) in [4.78, 5) is 15.0. The molecule has 2 fully saturated rings. The minimum Gasteiger partial charge on any atom is -0.391 e. The number of aliphatic hydroxyl groups excluding tert-OH is 1. The molecule has 7 nitrogen and oxygen atoms in total. The number of nitrogens with two attached hydrogens (primary N) is 1. The molecule has 4 heterocycles. The Morgan fingerprint density at radius 1 is 1.32 bits per heavy atom. The fourth-order valence-electron chi connectivity index (χ4n) is 3.03. The van der Waals surface area contributed by atoms with Crippen LogP contribution in [0.15, 0.2) is 17.9 Å². The lowest BCUT2D eigenvalue weighted by molar-refractivity contribution is -0.00535. The lowest BCUT2D eigenvalue weighted by atomic mass is 10.0. The second-order valence-corrected chi connectivity index (χ2v) is 8.46. The smallest absolute Gasteiger partial charge is 0.220 e. The minimum absolute atomic E-state index is 0.186. The molecule has 2 unspecified atom stereocenters. The third-order valence-corrected chi connectivity index (χ3v) is 5.48. The first kappa shape index (κ1) is 23.0. The molecular weight excluding hydrogens is 398 g/mol. The number of aliphatic hydroxyl groups is 1. The van der Waals surface area contributed by atoms with Crippen molar-refractivity contribution in [1.82, 2.24) is 19.9 Å². The van der Waals surface area contributed by atoms with Gasteiger partial charge in [0.2, 0.25) is 5.95 Å². The molecule has 28 heavy (non-hydrogen) atoms. The zero-order valence-electron chi connectivity index (χ0n) is 16.6. The van der Waals surface area contributed by atoms with E-state index in [-0.39, 0.29) is 12.1 Å². The summed E-state index contributed by atoms with van der Waals surface area (Å²) < 4.78 is 4.93. The van der Waals surface area contributed by atoms with Crippen molar-refractivity contribution in [1.29, 1.82) is 0 Å². The maximum Gasteiger partial charge on any atom is 0.220 e. The van der Waals surface area contributed by atoms with E-state index in [9.17, 15) is 0 Å². The molecular formula is C19H30ClN5O2S. The van der Waals surface area contributed by atoms with Crippen LogP contribution in [0, 0.1) is 5.92 Å². The van der Waals surface area contributed by atoms with E-state index in [2.05, 4.69) is 33.8 Å². The van der Waals surface area contributed by atoms with Gasteiger partial charge in [0.15, 0.2) is 0 Å². The third-order valence-electron chi connectivity index (χ3n) is 4.42. The average Bonchev–Trinajstić information content (AvgIpc) is 3.20. The van der Waals surface area contributed by atoms with Crippen LogP contribution >= 0.6 is 22.9 Å². The van der Waals surface area contributed by atoms with Crippen molar-refractivity contribution in [3.05, 3.63) is 22.9 Å². The van der Waals surface area contributed by atoms with E-state index in [1.807, 2.05) is 0 Å². The van der Waals surface area contributed by atoms with Gasteiger partial charge >= 0.3 is 0 Å². The number of nitrogen functional groups attached to an aromatic ring is 1. The molecule has 0 spiro atoms. The van der Waals surface area contributed by atoms with Crippen molar-refractivity contribution < 1.29 is 9.84 Å². The van der Waals surface area contributed by atoms with E-state index < -0.39 is 0 Å². The molecule has 0 bridgehead atoms. The summed E-state index contributed by atoms with van der Waals surface area (Å²) in [6.07, 6.45) is 7.76. The van der Waals surface area contributed by atoms with Crippen molar-refractivity contribution in [2.75, 3.05) is 39.1 Å². The number of halogens is 1. The number of ether oxygens (including phenoxy) is 1. The first-order valence-corrected chi connectivity index (χ1v) is 10.8. The topological polar surface area (TPSA) is 97.4 Å². The SMILES string of the molecule is CC1CCCN(C)C1.Nc1ncc(Cl)c(-c2cncs2)n1.OC1CCCOC1. The van der Waals surface area contributed by atoms with Gasteiger partial charge in [0.25, 0.3) is 0 Å². The summed E-state index contributed by atoms with van der Waals surface area (Å²) in [5.41, 5.74) is 7.78. The number of nitrogens with zero attached hydrogens (tertiary/aromatic N) is 4. The van der Waals surface area contributed by atoms with Gasteiger partial charge < -0.3 is 20.5 Å². The van der Waals surface area contributed by atoms with Crippen LogP contribution in [0.25, 0.3) is 10.6 Å². The Labute approximate surface area is 175 Å². The average molecular weight is 428 g/mol. The molecule has 0 radical (unpaired) electrons. The molecule has 0 saturated carbocycles. The molecule has 9 heteroatoms. The summed E-state index contributed by atoms with van der Waals surface area (Å²) in [7, 11) is 2.20. The molecule has 0 aromatic carbocycles. The Bertz CT molecular complexity index is 675. The Morgan fingerprint density at radius 3 is 2.64 bits per heavy atom. The van der Waals surface area contributed by atoms with Crippen LogP contribution in [0.3, 0.4) is 0 Å². The fourth-order valence-corrected chi connectivity index (χ4v) is 3.91. The van der Waals surface area contributed by atoms with Gasteiger partial charge in [-0.2, -0.15) is 0 Å². The molecule has 2 atom stereocenters. The Hall–Kier alpha value is -1.32. The van der Waals surface area contributed by atoms with E-state index >= 15 is 0 Å². The van der Waals surface area contributed by atoms with Gasteiger partial charge in [-0.25, -0.2) is 9.97 Å². The zero-order chi connectivity index (χ0) is 20.4. The number of thiazole rings is 1. The van der Waals surface area contributed by atoms with Crippen LogP contribution in [0.2, 0.25) is 5.02 Å². The van der Waals surface area contributed by atoms with Crippen molar-refractivity contribution in [3.63, 3.8) is 0 Å². The first-order valence-electron chi connectivity index (χ1n) is 9.57. The summed E-state index contributed by atoms with van der Waals surface area (Å²) >= 11 is 7.34. The number of aromatic nitrogens is 3. The highest BCUT2D eigenvalue weighted by atomic mass is 35.5. The molecule has 4 rings (SSSR count). The standard InChI is InChI=1S/C7H5ClN4S.C7H15N.C5H10O2/c8-4-1-11-7(9)12-6(4)5-2-10-3-13-5;1-7-4-3-5-8(2)6-7;6-5-2-1-3-7-4-5/h1-3H,(H2,9,11,12);7H,3-6H2,1-2H3;5-6H,1-4H2. The normalized spacial score (nSPS) is 22.4. The lowest BCUT2D eigenvalue weighted by Crippen LogP contribution is -2.30. The van der Waals surface area contributed by atoms with Crippen molar-refractivity contribution in [2.45, 2.75) is 38.7 Å². The largest absolute Gasteiger partial charge is 0.391 e. The number of hydrogen-bond acceptors (Lipinski definition) is 8. The first-order chi connectivity index (χ1) is 13.5. The minimum atomic E-state index is -0.186. The van der Waals surface area contributed by atoms with Gasteiger partial charge in [-0.3, -0.25) is 4.98 Å². The maximum absolute atomic E-state index is 8.78. The summed E-state index contributed by atoms with van der Waals surface area (Å²) in [6.45, 7) is 6.32. The number of rotatable bonds is 1. The van der Waals surface area contributed by atoms with Gasteiger partial charge in [0, 0.05) is 19.3 Å². The highest BCUT2D eigenvalue weighted by Crippen LogP contribution is 2.28. The van der Waals surface area contributed by atoms with Crippen molar-refractivity contribution in [2.24, 2.45) is 5.92 Å². The van der Waals surface area contributed by atoms with Crippen LogP contribution in [-0.2, 0) is 4.74 Å². The van der Waals surface area contributed by atoms with Crippen LogP contribution in [0.5, 0.6) is 0 Å². The van der Waals surface area contributed by atoms with Gasteiger partial charge in [-0.1, -0.05) is 18.5 Å². The van der Waals surface area contributed by atoms with Crippen LogP contribution in [0.4, 0.5) is 5.95 Å². The molecule has 2 aromatic heterocycles. The second kappa shape index (κ2) is 12.3. The number of hydrogen-bond donors (Lipinski definition) is 2. The molecule has 3 N–H and O–H groups in total. The van der Waals surface area contributed by atoms with Gasteiger partial charge in [-0.05, 0) is 45.2 Å². The van der Waals surface area contributed by atoms with Crippen LogP contribution in [-0.4, -0.2) is 64.4 Å². The van der Waals surface area contributed by atoms with E-state index in [1.54, 1.807) is 11.7 Å². The summed E-state index contributed by atoms with van der Waals surface area (Å²) in [5.74, 6) is 1.15. The Morgan fingerprint density at radius 2 is 2.14 bits per heavy atom. The van der Waals surface area contributed by atoms with Gasteiger partial charge in [-0.15, -0.1) is 11.3 Å². The molecule has 0 aliphatic carbocycles. The highest BCUT2D eigenvalue weighted by Gasteiger charge is 2.11. The summed E-state index contributed by atoms with van der Waals surface area (Å²) in [5, 5.41) is 9.27. The van der Waals surface area contributed by atoms with E-state index in [0.717, 1.165) is 30.2 Å². The Balaban J connectivity index is 0.000000161. The fraction of sp³-hybridized carbons (Fsp3) is 0.632. The van der Waals surface area contributed by atoms with Crippen molar-refractivity contribution >= 4 is 28.9 Å². The number of anilines is 1. The zero-order valence-corrected chi connectivity index (χ0v) is 18.1. The van der Waals surface area contributed by atoms with E-state index in [0.29, 0.717) is 17.3 Å².